The molecule has 4 nitrogen and oxygen atoms in total. The van der Waals surface area contributed by atoms with Crippen LogP contribution in [0.2, 0.25) is 5.02 Å². The zero-order valence-electron chi connectivity index (χ0n) is 14.6. The summed E-state index contributed by atoms with van der Waals surface area (Å²) in [6, 6.07) is 10.8. The van der Waals surface area contributed by atoms with Crippen LogP contribution in [0.5, 0.6) is 0 Å². The summed E-state index contributed by atoms with van der Waals surface area (Å²) in [7, 11) is 0. The molecule has 0 saturated heterocycles. The minimum atomic E-state index is -0.942. The van der Waals surface area contributed by atoms with E-state index in [0.717, 1.165) is 16.0 Å². The van der Waals surface area contributed by atoms with Crippen LogP contribution < -0.4 is 5.32 Å². The first-order chi connectivity index (χ1) is 11.8. The van der Waals surface area contributed by atoms with Gasteiger partial charge in [0, 0.05) is 10.6 Å². The van der Waals surface area contributed by atoms with Gasteiger partial charge < -0.3 is 10.1 Å². The van der Waals surface area contributed by atoms with Gasteiger partial charge in [0.2, 0.25) is 0 Å². The van der Waals surface area contributed by atoms with Gasteiger partial charge in [-0.2, -0.15) is 0 Å². The number of carbonyl (C=O) groups is 2. The van der Waals surface area contributed by atoms with Crippen LogP contribution >= 0.6 is 23.4 Å². The quantitative estimate of drug-likeness (QED) is 0.597. The first-order valence-electron chi connectivity index (χ1n) is 7.74. The van der Waals surface area contributed by atoms with Crippen molar-refractivity contribution in [3.8, 4) is 0 Å². The Morgan fingerprint density at radius 2 is 1.88 bits per heavy atom. The molecule has 0 fully saturated rings. The zero-order valence-corrected chi connectivity index (χ0v) is 16.1. The van der Waals surface area contributed by atoms with Crippen LogP contribution in [0.15, 0.2) is 41.3 Å². The van der Waals surface area contributed by atoms with E-state index in [1.807, 2.05) is 44.4 Å². The van der Waals surface area contributed by atoms with Crippen LogP contribution in [0.4, 0.5) is 5.69 Å². The van der Waals surface area contributed by atoms with E-state index in [1.165, 1.54) is 18.7 Å². The maximum Gasteiger partial charge on any atom is 0.340 e. The van der Waals surface area contributed by atoms with Gasteiger partial charge in [-0.15, -0.1) is 11.8 Å². The summed E-state index contributed by atoms with van der Waals surface area (Å²) in [5.74, 6) is -1.01. The highest BCUT2D eigenvalue weighted by Crippen LogP contribution is 2.24. The summed E-state index contributed by atoms with van der Waals surface area (Å²) in [4.78, 5) is 25.5. The van der Waals surface area contributed by atoms with Crippen LogP contribution in [0.1, 0.15) is 28.4 Å². The third-order valence-electron chi connectivity index (χ3n) is 3.69. The minimum absolute atomic E-state index is 0.250. The van der Waals surface area contributed by atoms with E-state index in [4.69, 9.17) is 16.3 Å². The second-order valence-electron chi connectivity index (χ2n) is 5.70. The Morgan fingerprint density at radius 1 is 1.16 bits per heavy atom. The number of nitrogens with one attached hydrogen (secondary N) is 1. The van der Waals surface area contributed by atoms with Crippen LogP contribution in [0, 0.1) is 13.8 Å². The summed E-state index contributed by atoms with van der Waals surface area (Å²) < 4.78 is 5.27. The van der Waals surface area contributed by atoms with E-state index in [1.54, 1.807) is 12.1 Å². The molecule has 0 aromatic heterocycles. The summed E-state index contributed by atoms with van der Waals surface area (Å²) in [6.45, 7) is 5.42. The van der Waals surface area contributed by atoms with E-state index in [0.29, 0.717) is 10.7 Å². The van der Waals surface area contributed by atoms with Gasteiger partial charge in [-0.05, 0) is 56.9 Å². The Balaban J connectivity index is 2.06. The molecule has 25 heavy (non-hydrogen) atoms. The van der Waals surface area contributed by atoms with E-state index < -0.39 is 18.0 Å². The third-order valence-corrected chi connectivity index (χ3v) is 4.74. The number of rotatable bonds is 5. The Hall–Kier alpha value is -1.98. The predicted octanol–water partition coefficient (Wildman–Crippen LogP) is 4.86. The van der Waals surface area contributed by atoms with E-state index in [9.17, 15) is 9.59 Å². The number of esters is 1. The van der Waals surface area contributed by atoms with Crippen molar-refractivity contribution < 1.29 is 14.3 Å². The lowest BCUT2D eigenvalue weighted by atomic mass is 10.1. The number of halogens is 1. The van der Waals surface area contributed by atoms with Gasteiger partial charge in [-0.1, -0.05) is 29.3 Å². The van der Waals surface area contributed by atoms with Gasteiger partial charge in [0.1, 0.15) is 0 Å². The largest absolute Gasteiger partial charge is 0.449 e. The van der Waals surface area contributed by atoms with Crippen molar-refractivity contribution >= 4 is 40.9 Å². The summed E-state index contributed by atoms with van der Waals surface area (Å²) in [5, 5.41) is 3.07. The molecule has 132 valence electrons. The van der Waals surface area contributed by atoms with Crippen molar-refractivity contribution in [3.63, 3.8) is 0 Å². The Bertz CT molecular complexity index is 807. The number of hydrogen-bond acceptors (Lipinski definition) is 4. The smallest absolute Gasteiger partial charge is 0.340 e. The molecule has 0 saturated carbocycles. The standard InChI is InChI=1S/C19H20ClNO3S/c1-11-5-8-17(12(2)9-11)21-18(22)13(3)24-19(23)15-10-14(25-4)6-7-16(15)20/h5-10,13H,1-4H3,(H,21,22). The lowest BCUT2D eigenvalue weighted by Crippen LogP contribution is -2.30. The summed E-state index contributed by atoms with van der Waals surface area (Å²) in [5.41, 5.74) is 3.00. The molecule has 6 heteroatoms. The molecule has 0 aliphatic carbocycles. The SMILES string of the molecule is CSc1ccc(Cl)c(C(=O)OC(C)C(=O)Nc2ccc(C)cc2C)c1. The molecule has 0 radical (unpaired) electrons. The molecule has 2 aromatic carbocycles. The number of benzene rings is 2. The Morgan fingerprint density at radius 3 is 2.52 bits per heavy atom. The fourth-order valence-electron chi connectivity index (χ4n) is 2.25. The number of thioether (sulfide) groups is 1. The molecule has 1 N–H and O–H groups in total. The number of carbonyl (C=O) groups excluding carboxylic acids is 2. The first-order valence-corrected chi connectivity index (χ1v) is 9.34. The zero-order chi connectivity index (χ0) is 18.6. The highest BCUT2D eigenvalue weighted by molar-refractivity contribution is 7.98. The lowest BCUT2D eigenvalue weighted by molar-refractivity contribution is -0.123. The van der Waals surface area contributed by atoms with Gasteiger partial charge in [0.15, 0.2) is 6.10 Å². The number of hydrogen-bond donors (Lipinski definition) is 1. The highest BCUT2D eigenvalue weighted by atomic mass is 35.5. The summed E-state index contributed by atoms with van der Waals surface area (Å²) in [6.07, 6.45) is 0.959. The van der Waals surface area contributed by atoms with Crippen LogP contribution in [-0.2, 0) is 9.53 Å². The fourth-order valence-corrected chi connectivity index (χ4v) is 2.89. The maximum atomic E-state index is 12.3. The van der Waals surface area contributed by atoms with Crippen LogP contribution in [0.3, 0.4) is 0 Å². The molecular weight excluding hydrogens is 358 g/mol. The van der Waals surface area contributed by atoms with Crippen molar-refractivity contribution in [2.75, 3.05) is 11.6 Å². The molecule has 1 atom stereocenters. The average molecular weight is 378 g/mol. The first kappa shape index (κ1) is 19.3. The topological polar surface area (TPSA) is 55.4 Å². The minimum Gasteiger partial charge on any atom is -0.449 e. The van der Waals surface area contributed by atoms with E-state index in [-0.39, 0.29) is 5.56 Å². The molecule has 2 aromatic rings. The number of aryl methyl sites for hydroxylation is 2. The molecule has 0 bridgehead atoms. The number of ether oxygens (including phenoxy) is 1. The van der Waals surface area contributed by atoms with Gasteiger partial charge in [0.25, 0.3) is 5.91 Å². The van der Waals surface area contributed by atoms with Gasteiger partial charge in [0.05, 0.1) is 10.6 Å². The maximum absolute atomic E-state index is 12.3. The van der Waals surface area contributed by atoms with Crippen molar-refractivity contribution in [1.82, 2.24) is 0 Å². The van der Waals surface area contributed by atoms with Crippen molar-refractivity contribution in [3.05, 3.63) is 58.1 Å². The summed E-state index contributed by atoms with van der Waals surface area (Å²) >= 11 is 7.56. The molecule has 0 aliphatic heterocycles. The molecule has 0 spiro atoms. The van der Waals surface area contributed by atoms with Gasteiger partial charge in [-0.3, -0.25) is 4.79 Å². The second-order valence-corrected chi connectivity index (χ2v) is 6.99. The predicted molar refractivity (Wildman–Crippen MR) is 103 cm³/mol. The Kier molecular flexibility index (Phi) is 6.51. The van der Waals surface area contributed by atoms with Gasteiger partial charge in [-0.25, -0.2) is 4.79 Å². The molecule has 1 amide bonds. The van der Waals surface area contributed by atoms with Crippen LogP contribution in [0.25, 0.3) is 0 Å². The molecular formula is C19H20ClNO3S. The van der Waals surface area contributed by atoms with Crippen molar-refractivity contribution in [2.24, 2.45) is 0 Å². The van der Waals surface area contributed by atoms with Crippen molar-refractivity contribution in [1.29, 1.82) is 0 Å². The fraction of sp³-hybridized carbons (Fsp3) is 0.263. The monoisotopic (exact) mass is 377 g/mol. The van der Waals surface area contributed by atoms with E-state index >= 15 is 0 Å². The molecule has 1 unspecified atom stereocenters. The Labute approximate surface area is 156 Å². The van der Waals surface area contributed by atoms with E-state index in [2.05, 4.69) is 5.32 Å². The highest BCUT2D eigenvalue weighted by Gasteiger charge is 2.21. The second kappa shape index (κ2) is 8.41. The third kappa shape index (κ3) is 5.00. The number of amides is 1. The van der Waals surface area contributed by atoms with Gasteiger partial charge >= 0.3 is 5.97 Å². The van der Waals surface area contributed by atoms with Crippen LogP contribution in [-0.4, -0.2) is 24.2 Å². The molecule has 0 aliphatic rings. The normalized spacial score (nSPS) is 11.7. The molecule has 2 rings (SSSR count). The van der Waals surface area contributed by atoms with Crippen molar-refractivity contribution in [2.45, 2.75) is 31.8 Å². The average Bonchev–Trinajstić information content (AvgIpc) is 2.57. The lowest BCUT2D eigenvalue weighted by Gasteiger charge is -2.15. The number of anilines is 1. The molecule has 0 heterocycles.